The highest BCUT2D eigenvalue weighted by Crippen LogP contribution is 2.27. The van der Waals surface area contributed by atoms with Crippen LogP contribution in [0.1, 0.15) is 5.82 Å². The molecule has 0 aliphatic carbocycles. The van der Waals surface area contributed by atoms with Crippen molar-refractivity contribution in [3.63, 3.8) is 0 Å². The number of rotatable bonds is 6. The fraction of sp³-hybridized carbons (Fsp3) is 0.0800. The highest BCUT2D eigenvalue weighted by Gasteiger charge is 2.16. The predicted octanol–water partition coefficient (Wildman–Crippen LogP) is 5.78. The highest BCUT2D eigenvalue weighted by atomic mass is 35.5. The number of methoxy groups -OCH3 is 1. The van der Waals surface area contributed by atoms with E-state index < -0.39 is 0 Å². The number of aromatic nitrogens is 3. The number of nitrogens with one attached hydrogen (secondary N) is 1. The summed E-state index contributed by atoms with van der Waals surface area (Å²) in [4.78, 5) is 22.9. The molecule has 5 aromatic rings. The van der Waals surface area contributed by atoms with Crippen LogP contribution in [-0.2, 0) is 6.54 Å². The molecule has 0 saturated carbocycles. The van der Waals surface area contributed by atoms with Crippen molar-refractivity contribution in [1.82, 2.24) is 14.5 Å². The van der Waals surface area contributed by atoms with Gasteiger partial charge in [0.1, 0.15) is 11.6 Å². The fourth-order valence-electron chi connectivity index (χ4n) is 3.62. The number of ether oxygens (including phenoxy) is 1. The molecule has 3 aromatic carbocycles. The van der Waals surface area contributed by atoms with E-state index in [0.29, 0.717) is 39.7 Å². The van der Waals surface area contributed by atoms with E-state index in [-0.39, 0.29) is 5.56 Å². The van der Waals surface area contributed by atoms with Gasteiger partial charge in [-0.3, -0.25) is 9.36 Å². The van der Waals surface area contributed by atoms with E-state index in [2.05, 4.69) is 10.3 Å². The summed E-state index contributed by atoms with van der Waals surface area (Å²) in [6.45, 7) is 0.311. The number of hydrogen-bond acceptors (Lipinski definition) is 6. The lowest BCUT2D eigenvalue weighted by atomic mass is 10.2. The minimum absolute atomic E-state index is 0.150. The standard InChI is InChI=1S/C25H19ClN4O2S/c1-32-22-9-5-4-8-21(22)30-23(28-19-7-3-2-6-18(19)24(30)31)14-27-25-29-20(15-33-25)16-10-12-17(26)13-11-16/h2-13,15H,14H2,1H3,(H,27,29). The summed E-state index contributed by atoms with van der Waals surface area (Å²) in [7, 11) is 1.59. The van der Waals surface area contributed by atoms with Gasteiger partial charge in [-0.1, -0.05) is 48.0 Å². The molecule has 0 atom stereocenters. The Bertz CT molecular complexity index is 1490. The Morgan fingerprint density at radius 3 is 2.58 bits per heavy atom. The van der Waals surface area contributed by atoms with Crippen LogP contribution in [-0.4, -0.2) is 21.6 Å². The molecule has 5 rings (SSSR count). The summed E-state index contributed by atoms with van der Waals surface area (Å²) in [5, 5.41) is 7.26. The third-order valence-corrected chi connectivity index (χ3v) is 6.27. The summed E-state index contributed by atoms with van der Waals surface area (Å²) in [5.74, 6) is 1.16. The van der Waals surface area contributed by atoms with Gasteiger partial charge in [-0.25, -0.2) is 9.97 Å². The van der Waals surface area contributed by atoms with Gasteiger partial charge >= 0.3 is 0 Å². The van der Waals surface area contributed by atoms with Gasteiger partial charge in [0.2, 0.25) is 0 Å². The van der Waals surface area contributed by atoms with Crippen molar-refractivity contribution in [2.24, 2.45) is 0 Å². The average molecular weight is 475 g/mol. The summed E-state index contributed by atoms with van der Waals surface area (Å²) >= 11 is 7.48. The van der Waals surface area contributed by atoms with Crippen LogP contribution in [0.25, 0.3) is 27.8 Å². The Balaban J connectivity index is 1.53. The van der Waals surface area contributed by atoms with Crippen LogP contribution >= 0.6 is 22.9 Å². The number of para-hydroxylation sites is 3. The minimum Gasteiger partial charge on any atom is -0.495 e. The lowest BCUT2D eigenvalue weighted by molar-refractivity contribution is 0.412. The molecule has 1 N–H and O–H groups in total. The van der Waals surface area contributed by atoms with Crippen LogP contribution in [0, 0.1) is 0 Å². The molecule has 0 amide bonds. The smallest absolute Gasteiger partial charge is 0.266 e. The first kappa shape index (κ1) is 21.2. The molecular weight excluding hydrogens is 456 g/mol. The third kappa shape index (κ3) is 4.20. The summed E-state index contributed by atoms with van der Waals surface area (Å²) in [6.07, 6.45) is 0. The first-order chi connectivity index (χ1) is 16.1. The fourth-order valence-corrected chi connectivity index (χ4v) is 4.47. The van der Waals surface area contributed by atoms with E-state index in [9.17, 15) is 4.79 Å². The van der Waals surface area contributed by atoms with Crippen molar-refractivity contribution in [2.75, 3.05) is 12.4 Å². The van der Waals surface area contributed by atoms with Crippen molar-refractivity contribution in [3.8, 4) is 22.7 Å². The van der Waals surface area contributed by atoms with E-state index in [1.165, 1.54) is 11.3 Å². The minimum atomic E-state index is -0.150. The summed E-state index contributed by atoms with van der Waals surface area (Å²) in [5.41, 5.74) is 2.97. The van der Waals surface area contributed by atoms with Crippen LogP contribution < -0.4 is 15.6 Å². The molecule has 2 aromatic heterocycles. The van der Waals surface area contributed by atoms with Crippen molar-refractivity contribution in [1.29, 1.82) is 0 Å². The van der Waals surface area contributed by atoms with Gasteiger partial charge in [0, 0.05) is 16.0 Å². The Morgan fingerprint density at radius 1 is 1.00 bits per heavy atom. The van der Waals surface area contributed by atoms with E-state index in [4.69, 9.17) is 21.3 Å². The Kier molecular flexibility index (Phi) is 5.81. The van der Waals surface area contributed by atoms with Gasteiger partial charge in [-0.2, -0.15) is 0 Å². The van der Waals surface area contributed by atoms with Gasteiger partial charge in [-0.15, -0.1) is 11.3 Å². The second kappa shape index (κ2) is 9.05. The quantitative estimate of drug-likeness (QED) is 0.337. The Morgan fingerprint density at radius 2 is 1.76 bits per heavy atom. The maximum Gasteiger partial charge on any atom is 0.266 e. The van der Waals surface area contributed by atoms with Crippen molar-refractivity contribution < 1.29 is 4.74 Å². The van der Waals surface area contributed by atoms with Crippen LogP contribution in [0.4, 0.5) is 5.13 Å². The predicted molar refractivity (Wildman–Crippen MR) is 134 cm³/mol. The summed E-state index contributed by atoms with van der Waals surface area (Å²) < 4.78 is 7.12. The van der Waals surface area contributed by atoms with Crippen molar-refractivity contribution in [2.45, 2.75) is 6.54 Å². The molecule has 6 nitrogen and oxygen atoms in total. The second-order valence-corrected chi connectivity index (χ2v) is 8.55. The molecule has 0 fully saturated rings. The molecule has 8 heteroatoms. The monoisotopic (exact) mass is 474 g/mol. The molecule has 2 heterocycles. The molecule has 0 aliphatic heterocycles. The van der Waals surface area contributed by atoms with Crippen molar-refractivity contribution in [3.05, 3.63) is 99.4 Å². The topological polar surface area (TPSA) is 69.0 Å². The normalized spacial score (nSPS) is 11.0. The zero-order valence-electron chi connectivity index (χ0n) is 17.7. The number of benzene rings is 3. The van der Waals surface area contributed by atoms with E-state index in [1.54, 1.807) is 17.7 Å². The molecule has 164 valence electrons. The molecule has 0 radical (unpaired) electrons. The Hall–Kier alpha value is -3.68. The van der Waals surface area contributed by atoms with Gasteiger partial charge in [-0.05, 0) is 36.4 Å². The SMILES string of the molecule is COc1ccccc1-n1c(CNc2nc(-c3ccc(Cl)cc3)cs2)nc2ccccc2c1=O. The third-order valence-electron chi connectivity index (χ3n) is 5.21. The molecule has 0 bridgehead atoms. The maximum absolute atomic E-state index is 13.5. The number of anilines is 1. The number of fused-ring (bicyclic) bond motifs is 1. The van der Waals surface area contributed by atoms with Gasteiger partial charge in [0.05, 0.1) is 35.9 Å². The zero-order chi connectivity index (χ0) is 22.8. The molecular formula is C25H19ClN4O2S. The van der Waals surface area contributed by atoms with E-state index in [0.717, 1.165) is 16.4 Å². The molecule has 33 heavy (non-hydrogen) atoms. The average Bonchev–Trinajstić information content (AvgIpc) is 3.32. The summed E-state index contributed by atoms with van der Waals surface area (Å²) in [6, 6.07) is 22.3. The van der Waals surface area contributed by atoms with Crippen LogP contribution in [0.2, 0.25) is 5.02 Å². The molecule has 0 spiro atoms. The molecule has 0 aliphatic rings. The highest BCUT2D eigenvalue weighted by molar-refractivity contribution is 7.14. The van der Waals surface area contributed by atoms with Crippen molar-refractivity contribution >= 4 is 39.0 Å². The number of hydrogen-bond donors (Lipinski definition) is 1. The van der Waals surface area contributed by atoms with Gasteiger partial charge in [0.25, 0.3) is 5.56 Å². The largest absolute Gasteiger partial charge is 0.495 e. The molecule has 0 unspecified atom stereocenters. The zero-order valence-corrected chi connectivity index (χ0v) is 19.2. The lowest BCUT2D eigenvalue weighted by Crippen LogP contribution is -2.25. The van der Waals surface area contributed by atoms with Gasteiger partial charge < -0.3 is 10.1 Å². The van der Waals surface area contributed by atoms with Crippen LogP contribution in [0.5, 0.6) is 5.75 Å². The van der Waals surface area contributed by atoms with Crippen LogP contribution in [0.15, 0.2) is 83.0 Å². The van der Waals surface area contributed by atoms with E-state index in [1.807, 2.05) is 72.1 Å². The maximum atomic E-state index is 13.5. The van der Waals surface area contributed by atoms with Gasteiger partial charge in [0.15, 0.2) is 5.13 Å². The molecule has 0 saturated heterocycles. The second-order valence-electron chi connectivity index (χ2n) is 7.26. The first-order valence-corrected chi connectivity index (χ1v) is 11.5. The van der Waals surface area contributed by atoms with E-state index >= 15 is 0 Å². The Labute approximate surface area is 199 Å². The first-order valence-electron chi connectivity index (χ1n) is 10.2. The van der Waals surface area contributed by atoms with Crippen LogP contribution in [0.3, 0.4) is 0 Å². The lowest BCUT2D eigenvalue weighted by Gasteiger charge is -2.16. The number of halogens is 1. The number of nitrogens with zero attached hydrogens (tertiary/aromatic N) is 3. The number of thiazole rings is 1.